The third-order valence-corrected chi connectivity index (χ3v) is 19.7. The molecule has 0 unspecified atom stereocenters. The van der Waals surface area contributed by atoms with Gasteiger partial charge in [-0.1, -0.05) is 43.0 Å². The average Bonchev–Trinajstić information content (AvgIpc) is 1.62. The van der Waals surface area contributed by atoms with Crippen molar-refractivity contribution in [1.29, 1.82) is 0 Å². The Balaban J connectivity index is 0.000000121. The van der Waals surface area contributed by atoms with E-state index in [2.05, 4.69) is 276 Å². The van der Waals surface area contributed by atoms with Crippen LogP contribution in [0.4, 0.5) is 5.82 Å². The van der Waals surface area contributed by atoms with Crippen molar-refractivity contribution >= 4 is 27.6 Å². The van der Waals surface area contributed by atoms with E-state index in [0.717, 1.165) is 136 Å². The van der Waals surface area contributed by atoms with E-state index in [0.29, 0.717) is 5.82 Å². The third kappa shape index (κ3) is 14.7. The highest BCUT2D eigenvalue weighted by atomic mass is 15.4. The Morgan fingerprint density at radius 2 is 0.679 bits per heavy atom. The highest BCUT2D eigenvalue weighted by Crippen LogP contribution is 2.32. The number of pyridine rings is 6. The van der Waals surface area contributed by atoms with Crippen LogP contribution in [-0.4, -0.2) is 82.9 Å². The molecule has 0 radical (unpaired) electrons. The average molecular weight is 1450 g/mol. The molecule has 0 aliphatic rings. The van der Waals surface area contributed by atoms with Crippen molar-refractivity contribution in [2.24, 2.45) is 106 Å². The molecule has 25 nitrogen and oxygen atoms in total. The van der Waals surface area contributed by atoms with Gasteiger partial charge >= 0.3 is 5.82 Å². The molecule has 0 fully saturated rings. The maximum absolute atomic E-state index is 7.11. The first-order chi connectivity index (χ1) is 52.5. The number of hydrogen-bond donors (Lipinski definition) is 0. The first kappa shape index (κ1) is 73.5. The zero-order valence-corrected chi connectivity index (χ0v) is 65.1. The van der Waals surface area contributed by atoms with E-state index < -0.39 is 0 Å². The molecule has 0 saturated heterocycles. The lowest BCUT2D eigenvalue weighted by Crippen LogP contribution is -2.46. The summed E-state index contributed by atoms with van der Waals surface area (Å²) < 4.78 is 32.3. The van der Waals surface area contributed by atoms with Crippen LogP contribution in [0, 0.1) is 27.3 Å². The summed E-state index contributed by atoms with van der Waals surface area (Å²) >= 11 is 0. The van der Waals surface area contributed by atoms with Crippen molar-refractivity contribution in [3.05, 3.63) is 260 Å². The molecule has 17 rings (SSSR count). The predicted molar refractivity (Wildman–Crippen MR) is 418 cm³/mol. The van der Waals surface area contributed by atoms with Crippen LogP contribution in [0.25, 0.3) is 135 Å². The molecule has 0 aliphatic carbocycles. The molecular weight excluding hydrogens is 1360 g/mol. The Morgan fingerprint density at radius 3 is 1.06 bits per heavy atom. The monoisotopic (exact) mass is 1450 g/mol. The number of aromatic nitrogens is 24. The van der Waals surface area contributed by atoms with Crippen LogP contribution in [0.1, 0.15) is 17.1 Å². The van der Waals surface area contributed by atoms with E-state index in [4.69, 9.17) is 6.57 Å². The van der Waals surface area contributed by atoms with Gasteiger partial charge in [-0.2, -0.15) is 63.2 Å². The van der Waals surface area contributed by atoms with E-state index in [9.17, 15) is 0 Å². The van der Waals surface area contributed by atoms with Crippen LogP contribution in [0.15, 0.2) is 231 Å². The van der Waals surface area contributed by atoms with Gasteiger partial charge in [-0.3, -0.25) is 32.8 Å². The Kier molecular flexibility index (Phi) is 21.0. The summed E-state index contributed by atoms with van der Waals surface area (Å²) in [5.41, 5.74) is 24.8. The number of benzene rings is 2. The number of nitrogens with zero attached hydrogens (tertiary/aromatic N) is 25. The largest absolute Gasteiger partial charge is 0.359 e. The number of rotatable bonds is 10. The van der Waals surface area contributed by atoms with Gasteiger partial charge < -0.3 is 4.85 Å². The fraction of sp³-hybridized carbons (Fsp3) is 0.214. The van der Waals surface area contributed by atoms with Gasteiger partial charge in [-0.15, -0.1) is 0 Å². The first-order valence-corrected chi connectivity index (χ1v) is 35.7. The van der Waals surface area contributed by atoms with Gasteiger partial charge in [0, 0.05) is 144 Å². The quantitative estimate of drug-likeness (QED) is 0.0959. The fourth-order valence-corrected chi connectivity index (χ4v) is 14.3. The maximum atomic E-state index is 7.11. The van der Waals surface area contributed by atoms with Crippen LogP contribution in [0.5, 0.6) is 0 Å². The first-order valence-electron chi connectivity index (χ1n) is 35.7. The van der Waals surface area contributed by atoms with E-state index in [-0.39, 0.29) is 0 Å². The predicted octanol–water partition coefficient (Wildman–Crippen LogP) is 9.65. The second kappa shape index (κ2) is 31.1. The van der Waals surface area contributed by atoms with Crippen molar-refractivity contribution in [3.8, 4) is 108 Å². The molecule has 109 heavy (non-hydrogen) atoms. The zero-order chi connectivity index (χ0) is 77.1. The Labute approximate surface area is 633 Å². The smallest absolute Gasteiger partial charge is 0.342 e. The second-order valence-electron chi connectivity index (χ2n) is 27.0. The van der Waals surface area contributed by atoms with Crippen LogP contribution in [0.2, 0.25) is 0 Å². The molecule has 15 aromatic heterocycles. The molecule has 546 valence electrons. The molecule has 0 saturated carbocycles. The maximum Gasteiger partial charge on any atom is 0.342 e. The summed E-state index contributed by atoms with van der Waals surface area (Å²) in [7, 11) is 30.1. The Morgan fingerprint density at radius 1 is 0.312 bits per heavy atom. The van der Waals surface area contributed by atoms with Gasteiger partial charge in [0.1, 0.15) is 80.8 Å². The minimum Gasteiger partial charge on any atom is -0.359 e. The van der Waals surface area contributed by atoms with Crippen LogP contribution in [0.3, 0.4) is 0 Å². The molecule has 0 bridgehead atoms. The van der Waals surface area contributed by atoms with E-state index in [1.807, 2.05) is 191 Å². The van der Waals surface area contributed by atoms with Crippen molar-refractivity contribution in [1.82, 2.24) is 82.9 Å². The molecular formula is C84H92N25+7. The van der Waals surface area contributed by atoms with Gasteiger partial charge in [0.05, 0.1) is 48.3 Å². The van der Waals surface area contributed by atoms with Gasteiger partial charge in [-0.25, -0.2) is 4.57 Å². The normalized spacial score (nSPS) is 11.0. The van der Waals surface area contributed by atoms with E-state index >= 15 is 0 Å². The molecule has 0 amide bonds. The molecule has 0 spiro atoms. The minimum absolute atomic E-state index is 0.402. The number of fused-ring (bicyclic) bond motifs is 2. The van der Waals surface area contributed by atoms with Gasteiger partial charge in [-0.05, 0) is 122 Å². The molecule has 2 aromatic carbocycles. The summed E-state index contributed by atoms with van der Waals surface area (Å²) in [6.07, 6.45) is 9.79. The van der Waals surface area contributed by atoms with Gasteiger partial charge in [0.25, 0.3) is 11.5 Å². The summed E-state index contributed by atoms with van der Waals surface area (Å²) in [5.74, 6) is 1.53. The van der Waals surface area contributed by atoms with Crippen molar-refractivity contribution in [2.75, 3.05) is 0 Å². The Bertz CT molecular complexity index is 6000. The number of hydrogen-bond acceptors (Lipinski definition) is 8. The van der Waals surface area contributed by atoms with Crippen LogP contribution >= 0.6 is 0 Å². The lowest BCUT2D eigenvalue weighted by molar-refractivity contribution is -0.764. The zero-order valence-electron chi connectivity index (χ0n) is 65.1. The summed E-state index contributed by atoms with van der Waals surface area (Å²) in [5, 5.41) is 37.6. The third-order valence-electron chi connectivity index (χ3n) is 19.7. The number of aryl methyl sites for hydroxylation is 13. The van der Waals surface area contributed by atoms with Crippen molar-refractivity contribution in [2.45, 2.75) is 20.8 Å². The summed E-state index contributed by atoms with van der Waals surface area (Å²) in [6, 6.07) is 68.3. The van der Waals surface area contributed by atoms with E-state index in [1.54, 1.807) is 10.7 Å². The molecule has 0 atom stereocenters. The van der Waals surface area contributed by atoms with Gasteiger partial charge in [0.15, 0.2) is 25.1 Å². The lowest BCUT2D eigenvalue weighted by atomic mass is 10.1. The highest BCUT2D eigenvalue weighted by Gasteiger charge is 2.29. The fourth-order valence-electron chi connectivity index (χ4n) is 14.3. The molecule has 0 aliphatic heterocycles. The molecule has 25 heteroatoms. The second-order valence-corrected chi connectivity index (χ2v) is 27.0. The topological polar surface area (TPSA) is 179 Å². The minimum atomic E-state index is 0.402. The molecule has 15 heterocycles. The summed E-state index contributed by atoms with van der Waals surface area (Å²) in [4.78, 5) is 3.40. The van der Waals surface area contributed by atoms with Crippen LogP contribution in [-0.2, 0) is 106 Å². The van der Waals surface area contributed by atoms with Gasteiger partial charge in [0.2, 0.25) is 51.7 Å². The van der Waals surface area contributed by atoms with Crippen LogP contribution < -0.4 is 32.1 Å². The highest BCUT2D eigenvalue weighted by molar-refractivity contribution is 5.93. The lowest BCUT2D eigenvalue weighted by Gasteiger charge is -2.07. The summed E-state index contributed by atoms with van der Waals surface area (Å²) in [6.45, 7) is 13.1. The SMILES string of the molecule is C[n+]1ccccc1-c1cccc(-n2ccc[n+]2C)[n+]1C.Cc1cc(-c2cccc(-c3cc(C)nn3C)[n+]2C)n(C)n1.Cn1nc2ccccc2c1-c1cccc(-c2c3ccccc3nn2C)[n+]1C.Cn1nccc1-c1cccc(-c2ccnn2C)[n+]1C.[C-]#[N+]c1cc(-c2cccc(-c3cc(C)nn3C)[n+]2C)n(C)n1. The Hall–Kier alpha value is -13.8. The standard InChI is InChI=1S/C22H20N5.C16H17N6.C16H20N5.C16H19N4.C14H16N5/c1-25-19(21-15-9-4-6-11-17(15)23-26(21)2)13-8-14-20(25)22-16-10-5-7-12-18(16)24-27(22)3;1-11-9-14(21(4)18-11)12-7-6-8-13(20(12)3)15-10-16(17-2)19-22(15)5;1-11-9-15(20(4)17-11)13-7-6-8-14(19(13)3)16-10-12(2)18-21(16)5;1-17-11-5-4-8-14(17)15-9-6-10-16(19(15)3)20-13-7-12-18(20)2;1-17-11(13-7-9-15-18(13)2)5-4-6-12(17)14-8-10-16-19(14)3/h4-14H,1-3H3;6-10H,1,3-5H3;6-10H,1-5H3;4-13H,1-3H3;4-10H,1-3H3/q3*+1;+3;+1. The molecule has 0 N–H and O–H groups in total. The van der Waals surface area contributed by atoms with Crippen molar-refractivity contribution in [3.63, 3.8) is 0 Å². The van der Waals surface area contributed by atoms with E-state index in [1.165, 1.54) is 11.4 Å². The van der Waals surface area contributed by atoms with Crippen molar-refractivity contribution < 1.29 is 32.1 Å². The molecule has 17 aromatic rings.